The van der Waals surface area contributed by atoms with Crippen molar-refractivity contribution in [3.05, 3.63) is 83.4 Å². The summed E-state index contributed by atoms with van der Waals surface area (Å²) in [6.07, 6.45) is 4.67. The molecule has 4 amide bonds. The number of fused-ring (bicyclic) bond motifs is 1. The van der Waals surface area contributed by atoms with E-state index in [0.29, 0.717) is 17.8 Å². The first-order valence-electron chi connectivity index (χ1n) is 17.8. The number of aromatic nitrogens is 2. The van der Waals surface area contributed by atoms with Crippen LogP contribution in [0, 0.1) is 12.8 Å². The second-order valence-corrected chi connectivity index (χ2v) is 17.5. The van der Waals surface area contributed by atoms with Gasteiger partial charge in [-0.05, 0) is 67.0 Å². The van der Waals surface area contributed by atoms with E-state index in [9.17, 15) is 47.9 Å². The van der Waals surface area contributed by atoms with Gasteiger partial charge in [0.05, 0.1) is 31.9 Å². The summed E-state index contributed by atoms with van der Waals surface area (Å²) >= 11 is 0. The summed E-state index contributed by atoms with van der Waals surface area (Å²) in [5.41, 5.74) is 1.05. The maximum atomic E-state index is 14.1. The number of benzene rings is 2. The minimum Gasteiger partial charge on any atom is -0.406 e. The van der Waals surface area contributed by atoms with Crippen molar-refractivity contribution in [3.8, 4) is 0 Å². The lowest BCUT2D eigenvalue weighted by Crippen LogP contribution is -2.55. The van der Waals surface area contributed by atoms with Gasteiger partial charge in [-0.15, -0.1) is 0 Å². The van der Waals surface area contributed by atoms with Gasteiger partial charge in [0.1, 0.15) is 5.69 Å². The Morgan fingerprint density at radius 3 is 2.20 bits per heavy atom. The summed E-state index contributed by atoms with van der Waals surface area (Å²) in [6.45, 7) is 5.87. The molecular formula is C35H47BN6O12P2. The monoisotopic (exact) mass is 816 g/mol. The molecule has 18 nitrogen and oxygen atoms in total. The number of aryl methyl sites for hydroxylation is 1. The van der Waals surface area contributed by atoms with Crippen LogP contribution in [-0.4, -0.2) is 85.3 Å². The summed E-state index contributed by atoms with van der Waals surface area (Å²) in [5.74, 6) is -2.67. The first-order chi connectivity index (χ1) is 26.4. The highest BCUT2D eigenvalue weighted by atomic mass is 31.2. The van der Waals surface area contributed by atoms with Crippen molar-refractivity contribution >= 4 is 57.3 Å². The SMILES string of the molecule is Cc1ccccc1N(C(=O)CNC(=O)c1cnccn1)[C@H](CC(C)C)B1OCc2ccc(N(C)C(=O)CCCCC(=O)NC(P(=O)(O)O)P(=O)(O)O)cc2CO1. The molecule has 21 heteroatoms. The number of nitrogens with zero attached hydrogens (tertiary/aromatic N) is 4. The highest BCUT2D eigenvalue weighted by Crippen LogP contribution is 2.58. The van der Waals surface area contributed by atoms with Gasteiger partial charge in [0.15, 0.2) is 0 Å². The number of para-hydroxylation sites is 1. The molecule has 1 aliphatic rings. The average Bonchev–Trinajstić information content (AvgIpc) is 3.36. The number of rotatable bonds is 17. The van der Waals surface area contributed by atoms with E-state index in [-0.39, 0.29) is 68.9 Å². The van der Waals surface area contributed by atoms with Gasteiger partial charge in [-0.2, -0.15) is 0 Å². The Balaban J connectivity index is 1.43. The standard InChI is InChI=1S/C35H47BN6O12P2/c1-23(2)17-30(42(29-10-6-5-9-24(29)3)33(45)20-39-34(46)28-19-37-15-16-38-28)36-53-21-25-13-14-27(18-26(25)22-54-36)41(4)32(44)12-8-7-11-31(43)40-35(55(47,48)49)56(50,51)52/h5-6,9-10,13-16,18-19,23,30,35H,7-8,11-12,17,20-22H2,1-4H3,(H,39,46)(H,40,43)(H2,47,48,49)(H2,50,51,52)/t30-/m1/s1. The molecule has 3 aromatic rings. The molecule has 2 heterocycles. The van der Waals surface area contributed by atoms with Crippen molar-refractivity contribution in [2.45, 2.75) is 77.6 Å². The molecule has 4 rings (SSSR count). The van der Waals surface area contributed by atoms with Crippen LogP contribution in [0.5, 0.6) is 0 Å². The van der Waals surface area contributed by atoms with Crippen molar-refractivity contribution < 1.29 is 57.2 Å². The van der Waals surface area contributed by atoms with Gasteiger partial charge in [0.25, 0.3) is 5.91 Å². The summed E-state index contributed by atoms with van der Waals surface area (Å²) in [4.78, 5) is 99.9. The van der Waals surface area contributed by atoms with E-state index in [4.69, 9.17) is 9.31 Å². The molecule has 1 aliphatic heterocycles. The Kier molecular flexibility index (Phi) is 15.6. The molecule has 56 heavy (non-hydrogen) atoms. The number of amides is 4. The fourth-order valence-electron chi connectivity index (χ4n) is 6.06. The van der Waals surface area contributed by atoms with Crippen LogP contribution in [0.25, 0.3) is 0 Å². The largest absolute Gasteiger partial charge is 0.482 e. The normalized spacial score (nSPS) is 13.8. The van der Waals surface area contributed by atoms with E-state index in [2.05, 4.69) is 15.3 Å². The van der Waals surface area contributed by atoms with E-state index >= 15 is 0 Å². The van der Waals surface area contributed by atoms with Crippen LogP contribution in [0.3, 0.4) is 0 Å². The van der Waals surface area contributed by atoms with Crippen molar-refractivity contribution in [2.75, 3.05) is 23.4 Å². The maximum Gasteiger partial charge on any atom is 0.482 e. The van der Waals surface area contributed by atoms with Crippen LogP contribution in [0.2, 0.25) is 0 Å². The second-order valence-electron chi connectivity index (χ2n) is 13.7. The Morgan fingerprint density at radius 2 is 1.57 bits per heavy atom. The Morgan fingerprint density at radius 1 is 0.911 bits per heavy atom. The van der Waals surface area contributed by atoms with E-state index < -0.39 is 45.6 Å². The van der Waals surface area contributed by atoms with Gasteiger partial charge < -0.3 is 49.3 Å². The zero-order valence-corrected chi connectivity index (χ0v) is 33.3. The Bertz CT molecular complexity index is 1940. The van der Waals surface area contributed by atoms with Crippen LogP contribution in [0.15, 0.2) is 61.1 Å². The third kappa shape index (κ3) is 12.3. The van der Waals surface area contributed by atoms with Gasteiger partial charge in [-0.3, -0.25) is 33.3 Å². The predicted molar refractivity (Wildman–Crippen MR) is 206 cm³/mol. The quantitative estimate of drug-likeness (QED) is 0.0651. The van der Waals surface area contributed by atoms with Crippen molar-refractivity contribution in [1.82, 2.24) is 20.6 Å². The molecule has 0 fully saturated rings. The van der Waals surface area contributed by atoms with Gasteiger partial charge in [-0.1, -0.05) is 38.1 Å². The molecule has 1 aromatic heterocycles. The molecule has 2 aromatic carbocycles. The Labute approximate surface area is 324 Å². The van der Waals surface area contributed by atoms with Gasteiger partial charge in [-0.25, -0.2) is 4.98 Å². The molecule has 0 aliphatic carbocycles. The average molecular weight is 817 g/mol. The number of anilines is 2. The number of carbonyl (C=O) groups excluding carboxylic acids is 4. The fraction of sp³-hybridized carbons (Fsp3) is 0.429. The van der Waals surface area contributed by atoms with Crippen LogP contribution in [-0.2, 0) is 46.0 Å². The van der Waals surface area contributed by atoms with Gasteiger partial charge in [0, 0.05) is 43.7 Å². The molecule has 0 saturated carbocycles. The second kappa shape index (κ2) is 19.7. The molecule has 1 atom stereocenters. The highest BCUT2D eigenvalue weighted by Gasteiger charge is 2.44. The number of hydrogen-bond acceptors (Lipinski definition) is 10. The lowest BCUT2D eigenvalue weighted by Gasteiger charge is -2.36. The summed E-state index contributed by atoms with van der Waals surface area (Å²) in [7, 11) is -9.93. The lowest BCUT2D eigenvalue weighted by atomic mass is 9.72. The number of nitrogens with one attached hydrogen (secondary N) is 2. The van der Waals surface area contributed by atoms with Crippen LogP contribution in [0.1, 0.15) is 73.1 Å². The van der Waals surface area contributed by atoms with Crippen LogP contribution >= 0.6 is 15.2 Å². The van der Waals surface area contributed by atoms with Crippen molar-refractivity contribution in [2.24, 2.45) is 5.92 Å². The zero-order valence-electron chi connectivity index (χ0n) is 31.5. The van der Waals surface area contributed by atoms with Gasteiger partial charge >= 0.3 is 22.3 Å². The smallest absolute Gasteiger partial charge is 0.406 e. The topological polar surface area (TPSA) is 258 Å². The molecule has 0 saturated heterocycles. The molecule has 302 valence electrons. The molecule has 6 N–H and O–H groups in total. The molecule has 0 radical (unpaired) electrons. The maximum absolute atomic E-state index is 14.1. The van der Waals surface area contributed by atoms with Crippen LogP contribution in [0.4, 0.5) is 11.4 Å². The first-order valence-corrected chi connectivity index (χ1v) is 21.2. The minimum absolute atomic E-state index is 0.0157. The summed E-state index contributed by atoms with van der Waals surface area (Å²) in [6, 6.07) is 12.8. The van der Waals surface area contributed by atoms with E-state index in [0.717, 1.165) is 16.7 Å². The van der Waals surface area contributed by atoms with Crippen molar-refractivity contribution in [3.63, 3.8) is 0 Å². The molecule has 0 bridgehead atoms. The minimum atomic E-state index is -5.32. The fourth-order valence-corrected chi connectivity index (χ4v) is 8.26. The van der Waals surface area contributed by atoms with E-state index in [1.807, 2.05) is 51.1 Å². The third-order valence-electron chi connectivity index (χ3n) is 8.93. The van der Waals surface area contributed by atoms with Crippen LogP contribution < -0.4 is 20.4 Å². The highest BCUT2D eigenvalue weighted by molar-refractivity contribution is 7.70. The predicted octanol–water partition coefficient (Wildman–Crippen LogP) is 3.02. The van der Waals surface area contributed by atoms with E-state index in [1.165, 1.54) is 23.5 Å². The number of unbranched alkanes of at least 4 members (excludes halogenated alkanes) is 1. The van der Waals surface area contributed by atoms with Crippen molar-refractivity contribution in [1.29, 1.82) is 0 Å². The number of hydrogen-bond donors (Lipinski definition) is 6. The lowest BCUT2D eigenvalue weighted by molar-refractivity contribution is -0.122. The third-order valence-corrected chi connectivity index (χ3v) is 12.3. The van der Waals surface area contributed by atoms with E-state index in [1.54, 1.807) is 29.4 Å². The first kappa shape index (κ1) is 44.4. The Hall–Kier alpha value is -4.32. The summed E-state index contributed by atoms with van der Waals surface area (Å²) in [5, 5.41) is 4.36. The molecular weight excluding hydrogens is 769 g/mol. The molecule has 0 unspecified atom stereocenters. The summed E-state index contributed by atoms with van der Waals surface area (Å²) < 4.78 is 35.6. The van der Waals surface area contributed by atoms with Gasteiger partial charge in [0.2, 0.25) is 23.2 Å². The zero-order chi connectivity index (χ0) is 41.2. The number of carbonyl (C=O) groups is 4. The molecule has 0 spiro atoms.